The van der Waals surface area contributed by atoms with Crippen LogP contribution in [0.3, 0.4) is 0 Å². The van der Waals surface area contributed by atoms with Crippen LogP contribution in [0.15, 0.2) is 42.5 Å². The number of halogens is 2. The molecule has 0 amide bonds. The Hall–Kier alpha value is -1.06. The Kier molecular flexibility index (Phi) is 4.23. The quantitative estimate of drug-likeness (QED) is 0.897. The van der Waals surface area contributed by atoms with Gasteiger partial charge in [-0.2, -0.15) is 0 Å². The zero-order valence-electron chi connectivity index (χ0n) is 11.9. The number of hydrogen-bond donors (Lipinski definition) is 1. The molecule has 0 saturated carbocycles. The third-order valence-electron chi connectivity index (χ3n) is 4.32. The minimum Gasteiger partial charge on any atom is -0.329 e. The lowest BCUT2D eigenvalue weighted by atomic mass is 10.0. The molecule has 1 heterocycles. The predicted octanol–water partition coefficient (Wildman–Crippen LogP) is 4.57. The topological polar surface area (TPSA) is 29.3 Å². The Morgan fingerprint density at radius 1 is 1.14 bits per heavy atom. The van der Waals surface area contributed by atoms with Crippen molar-refractivity contribution in [3.05, 3.63) is 69.2 Å². The fourth-order valence-corrected chi connectivity index (χ4v) is 3.70. The van der Waals surface area contributed by atoms with E-state index in [0.29, 0.717) is 6.54 Å². The van der Waals surface area contributed by atoms with Crippen LogP contribution in [0.1, 0.15) is 35.7 Å². The second kappa shape index (κ2) is 5.98. The standard InChI is InChI=1S/C17H18Cl2N2/c1-11(12-5-3-2-4-6-12)21-10-13-14(18)7-8-15(19)17(13)16(21)9-20/h2-8,11,16H,9-10,20H2,1H3. The third kappa shape index (κ3) is 2.58. The lowest BCUT2D eigenvalue weighted by Crippen LogP contribution is -2.30. The van der Waals surface area contributed by atoms with E-state index < -0.39 is 0 Å². The maximum Gasteiger partial charge on any atom is 0.0498 e. The predicted molar refractivity (Wildman–Crippen MR) is 88.7 cm³/mol. The van der Waals surface area contributed by atoms with Crippen LogP contribution in [-0.2, 0) is 6.54 Å². The first-order valence-corrected chi connectivity index (χ1v) is 7.86. The lowest BCUT2D eigenvalue weighted by Gasteiger charge is -2.30. The van der Waals surface area contributed by atoms with E-state index in [1.165, 1.54) is 5.56 Å². The molecule has 1 aliphatic rings. The van der Waals surface area contributed by atoms with Gasteiger partial charge in [-0.15, -0.1) is 0 Å². The monoisotopic (exact) mass is 320 g/mol. The summed E-state index contributed by atoms with van der Waals surface area (Å²) >= 11 is 12.7. The van der Waals surface area contributed by atoms with Crippen molar-refractivity contribution < 1.29 is 0 Å². The van der Waals surface area contributed by atoms with Gasteiger partial charge in [-0.05, 0) is 35.7 Å². The van der Waals surface area contributed by atoms with Gasteiger partial charge < -0.3 is 5.73 Å². The van der Waals surface area contributed by atoms with Gasteiger partial charge in [-0.25, -0.2) is 0 Å². The molecule has 0 fully saturated rings. The van der Waals surface area contributed by atoms with Crippen LogP contribution in [0.25, 0.3) is 0 Å². The van der Waals surface area contributed by atoms with Gasteiger partial charge in [0.1, 0.15) is 0 Å². The van der Waals surface area contributed by atoms with Gasteiger partial charge in [0.15, 0.2) is 0 Å². The molecular formula is C17H18Cl2N2. The zero-order valence-corrected chi connectivity index (χ0v) is 13.4. The number of fused-ring (bicyclic) bond motifs is 1. The Morgan fingerprint density at radius 3 is 2.48 bits per heavy atom. The van der Waals surface area contributed by atoms with Gasteiger partial charge in [0.05, 0.1) is 0 Å². The fourth-order valence-electron chi connectivity index (χ4n) is 3.17. The third-order valence-corrected chi connectivity index (χ3v) is 5.01. The van der Waals surface area contributed by atoms with Gasteiger partial charge in [-0.3, -0.25) is 4.90 Å². The van der Waals surface area contributed by atoms with Crippen LogP contribution in [0.4, 0.5) is 0 Å². The van der Waals surface area contributed by atoms with Crippen molar-refractivity contribution in [2.75, 3.05) is 6.54 Å². The van der Waals surface area contributed by atoms with Gasteiger partial charge in [0.25, 0.3) is 0 Å². The first-order valence-electron chi connectivity index (χ1n) is 7.11. The van der Waals surface area contributed by atoms with E-state index in [1.807, 2.05) is 18.2 Å². The van der Waals surface area contributed by atoms with Crippen molar-refractivity contribution >= 4 is 23.2 Å². The first-order chi connectivity index (χ1) is 10.1. The Balaban J connectivity index is 2.00. The molecule has 21 heavy (non-hydrogen) atoms. The van der Waals surface area contributed by atoms with Crippen LogP contribution in [0, 0.1) is 0 Å². The summed E-state index contributed by atoms with van der Waals surface area (Å²) < 4.78 is 0. The van der Waals surface area contributed by atoms with Crippen LogP contribution >= 0.6 is 23.2 Å². The molecule has 2 nitrogen and oxygen atoms in total. The smallest absolute Gasteiger partial charge is 0.0498 e. The molecule has 1 aliphatic heterocycles. The molecule has 0 aromatic heterocycles. The van der Waals surface area contributed by atoms with Gasteiger partial charge in [-0.1, -0.05) is 53.5 Å². The van der Waals surface area contributed by atoms with E-state index in [1.54, 1.807) is 0 Å². The highest BCUT2D eigenvalue weighted by Crippen LogP contribution is 2.44. The van der Waals surface area contributed by atoms with E-state index >= 15 is 0 Å². The molecule has 0 bridgehead atoms. The highest BCUT2D eigenvalue weighted by atomic mass is 35.5. The molecule has 110 valence electrons. The minimum atomic E-state index is 0.112. The number of benzene rings is 2. The van der Waals surface area contributed by atoms with Crippen molar-refractivity contribution in [1.29, 1.82) is 0 Å². The second-order valence-electron chi connectivity index (χ2n) is 5.43. The zero-order chi connectivity index (χ0) is 15.0. The van der Waals surface area contributed by atoms with Crippen molar-refractivity contribution in [3.63, 3.8) is 0 Å². The maximum absolute atomic E-state index is 6.39. The van der Waals surface area contributed by atoms with E-state index in [2.05, 4.69) is 36.1 Å². The largest absolute Gasteiger partial charge is 0.329 e. The Labute approximate surface area is 135 Å². The molecule has 4 heteroatoms. The van der Waals surface area contributed by atoms with Crippen LogP contribution < -0.4 is 5.73 Å². The molecule has 2 atom stereocenters. The van der Waals surface area contributed by atoms with E-state index in [9.17, 15) is 0 Å². The van der Waals surface area contributed by atoms with Gasteiger partial charge in [0.2, 0.25) is 0 Å². The van der Waals surface area contributed by atoms with Crippen molar-refractivity contribution in [2.24, 2.45) is 5.73 Å². The minimum absolute atomic E-state index is 0.112. The highest BCUT2D eigenvalue weighted by Gasteiger charge is 2.35. The van der Waals surface area contributed by atoms with Gasteiger partial charge >= 0.3 is 0 Å². The molecule has 0 radical (unpaired) electrons. The number of nitrogens with zero attached hydrogens (tertiary/aromatic N) is 1. The van der Waals surface area contributed by atoms with Crippen molar-refractivity contribution in [1.82, 2.24) is 4.90 Å². The number of nitrogens with two attached hydrogens (primary N) is 1. The normalized spacial score (nSPS) is 19.5. The average Bonchev–Trinajstić information content (AvgIpc) is 2.92. The van der Waals surface area contributed by atoms with Crippen LogP contribution in [0.2, 0.25) is 10.0 Å². The summed E-state index contributed by atoms with van der Waals surface area (Å²) in [6.07, 6.45) is 0. The molecular weight excluding hydrogens is 303 g/mol. The van der Waals surface area contributed by atoms with E-state index in [-0.39, 0.29) is 12.1 Å². The molecule has 3 rings (SSSR count). The van der Waals surface area contributed by atoms with Crippen LogP contribution in [0.5, 0.6) is 0 Å². The lowest BCUT2D eigenvalue weighted by molar-refractivity contribution is 0.161. The van der Waals surface area contributed by atoms with Crippen LogP contribution in [-0.4, -0.2) is 11.4 Å². The SMILES string of the molecule is CC(c1ccccc1)N1Cc2c(Cl)ccc(Cl)c2C1CN. The summed E-state index contributed by atoms with van der Waals surface area (Å²) in [5.41, 5.74) is 9.51. The first kappa shape index (κ1) is 14.9. The molecule has 2 aromatic rings. The van der Waals surface area contributed by atoms with Crippen molar-refractivity contribution in [3.8, 4) is 0 Å². The highest BCUT2D eigenvalue weighted by molar-refractivity contribution is 6.34. The van der Waals surface area contributed by atoms with E-state index in [4.69, 9.17) is 28.9 Å². The molecule has 0 spiro atoms. The summed E-state index contributed by atoms with van der Waals surface area (Å²) in [6.45, 7) is 3.52. The summed E-state index contributed by atoms with van der Waals surface area (Å²) in [4.78, 5) is 2.37. The number of hydrogen-bond acceptors (Lipinski definition) is 2. The maximum atomic E-state index is 6.39. The Morgan fingerprint density at radius 2 is 1.81 bits per heavy atom. The molecule has 2 unspecified atom stereocenters. The number of rotatable bonds is 3. The fraction of sp³-hybridized carbons (Fsp3) is 0.294. The molecule has 2 N–H and O–H groups in total. The van der Waals surface area contributed by atoms with Crippen molar-refractivity contribution in [2.45, 2.75) is 25.6 Å². The second-order valence-corrected chi connectivity index (χ2v) is 6.25. The molecule has 0 aliphatic carbocycles. The molecule has 0 saturated heterocycles. The van der Waals surface area contributed by atoms with Gasteiger partial charge in [0, 0.05) is 35.2 Å². The average molecular weight is 321 g/mol. The summed E-state index contributed by atoms with van der Waals surface area (Å²) in [5, 5.41) is 1.53. The summed E-state index contributed by atoms with van der Waals surface area (Å²) in [7, 11) is 0. The Bertz CT molecular complexity index is 643. The summed E-state index contributed by atoms with van der Waals surface area (Å²) in [5.74, 6) is 0. The summed E-state index contributed by atoms with van der Waals surface area (Å²) in [6, 6.07) is 14.5. The molecule has 2 aromatic carbocycles. The van der Waals surface area contributed by atoms with E-state index in [0.717, 1.165) is 27.7 Å².